The highest BCUT2D eigenvalue weighted by atomic mass is 32.2. The van der Waals surface area contributed by atoms with Crippen LogP contribution in [-0.4, -0.2) is 55.8 Å². The number of thioether (sulfide) groups is 1. The molecule has 0 unspecified atom stereocenters. The van der Waals surface area contributed by atoms with Gasteiger partial charge in [0, 0.05) is 30.2 Å². The fraction of sp³-hybridized carbons (Fsp3) is 0.391. The normalized spacial score (nSPS) is 11.3. The number of amides is 1. The molecule has 5 nitrogen and oxygen atoms in total. The van der Waals surface area contributed by atoms with Crippen molar-refractivity contribution in [3.8, 4) is 5.75 Å². The molecule has 0 N–H and O–H groups in total. The Hall–Kier alpha value is -2.09. The molecular formula is C23H29N3O2S2. The van der Waals surface area contributed by atoms with Crippen molar-refractivity contribution in [3.63, 3.8) is 0 Å². The van der Waals surface area contributed by atoms with E-state index < -0.39 is 0 Å². The first-order valence-corrected chi connectivity index (χ1v) is 11.8. The number of carbonyl (C=O) groups excluding carboxylic acids is 1. The average molecular weight is 444 g/mol. The second-order valence-corrected chi connectivity index (χ2v) is 9.70. The second-order valence-electron chi connectivity index (χ2n) is 7.52. The van der Waals surface area contributed by atoms with Crippen LogP contribution < -0.4 is 9.64 Å². The average Bonchev–Trinajstić information content (AvgIpc) is 3.11. The number of aryl methyl sites for hydroxylation is 2. The quantitative estimate of drug-likeness (QED) is 0.436. The van der Waals surface area contributed by atoms with Crippen LogP contribution in [-0.2, 0) is 4.79 Å². The van der Waals surface area contributed by atoms with Crippen LogP contribution in [0, 0.1) is 13.8 Å². The number of nitrogens with zero attached hydrogens (tertiary/aromatic N) is 3. The standard InChI is InChI=1S/C23H29N3O2S2/c1-16-14-20-21(15-17(16)2)30-23(24-20)26(12-11-25(3)4)22(27)10-13-29-19-8-6-18(28-5)7-9-19/h6-9,14-15H,10-13H2,1-5H3. The van der Waals surface area contributed by atoms with Crippen LogP contribution in [0.5, 0.6) is 5.75 Å². The summed E-state index contributed by atoms with van der Waals surface area (Å²) in [6.07, 6.45) is 0.470. The van der Waals surface area contributed by atoms with E-state index in [1.54, 1.807) is 30.2 Å². The summed E-state index contributed by atoms with van der Waals surface area (Å²) in [6, 6.07) is 12.2. The largest absolute Gasteiger partial charge is 0.497 e. The van der Waals surface area contributed by atoms with Crippen LogP contribution >= 0.6 is 23.1 Å². The van der Waals surface area contributed by atoms with Crippen LogP contribution in [0.2, 0.25) is 0 Å². The van der Waals surface area contributed by atoms with Gasteiger partial charge in [-0.3, -0.25) is 9.69 Å². The minimum absolute atomic E-state index is 0.116. The molecule has 160 valence electrons. The van der Waals surface area contributed by atoms with Gasteiger partial charge in [0.05, 0.1) is 17.3 Å². The number of carbonyl (C=O) groups is 1. The lowest BCUT2D eigenvalue weighted by Gasteiger charge is -2.22. The van der Waals surface area contributed by atoms with Gasteiger partial charge in [0.25, 0.3) is 0 Å². The van der Waals surface area contributed by atoms with Crippen LogP contribution in [0.3, 0.4) is 0 Å². The highest BCUT2D eigenvalue weighted by molar-refractivity contribution is 7.99. The fourth-order valence-electron chi connectivity index (χ4n) is 2.97. The minimum Gasteiger partial charge on any atom is -0.497 e. The molecule has 1 heterocycles. The Kier molecular flexibility index (Phi) is 7.75. The van der Waals surface area contributed by atoms with Crippen molar-refractivity contribution >= 4 is 44.4 Å². The number of rotatable bonds is 9. The molecule has 2 aromatic carbocycles. The molecule has 0 radical (unpaired) electrons. The van der Waals surface area contributed by atoms with Gasteiger partial charge in [-0.2, -0.15) is 0 Å². The predicted molar refractivity (Wildman–Crippen MR) is 128 cm³/mol. The van der Waals surface area contributed by atoms with E-state index in [1.807, 2.05) is 43.3 Å². The topological polar surface area (TPSA) is 45.7 Å². The summed E-state index contributed by atoms with van der Waals surface area (Å²) in [7, 11) is 5.70. The molecule has 3 aromatic rings. The lowest BCUT2D eigenvalue weighted by Crippen LogP contribution is -2.36. The number of aromatic nitrogens is 1. The summed E-state index contributed by atoms with van der Waals surface area (Å²) in [5.41, 5.74) is 3.44. The third kappa shape index (κ3) is 5.74. The molecule has 7 heteroatoms. The van der Waals surface area contributed by atoms with Crippen molar-refractivity contribution < 1.29 is 9.53 Å². The minimum atomic E-state index is 0.116. The van der Waals surface area contributed by atoms with Gasteiger partial charge in [-0.15, -0.1) is 11.8 Å². The van der Waals surface area contributed by atoms with Gasteiger partial charge in [-0.1, -0.05) is 11.3 Å². The van der Waals surface area contributed by atoms with Crippen LogP contribution in [0.1, 0.15) is 17.5 Å². The zero-order valence-corrected chi connectivity index (χ0v) is 19.9. The van der Waals surface area contributed by atoms with E-state index in [4.69, 9.17) is 9.72 Å². The Bertz CT molecular complexity index is 961. The molecule has 0 aliphatic rings. The van der Waals surface area contributed by atoms with Gasteiger partial charge >= 0.3 is 0 Å². The number of ether oxygens (including phenoxy) is 1. The van der Waals surface area contributed by atoms with Crippen LogP contribution in [0.15, 0.2) is 41.3 Å². The first-order valence-electron chi connectivity index (χ1n) is 9.97. The molecule has 0 fully saturated rings. The van der Waals surface area contributed by atoms with E-state index in [0.717, 1.165) is 38.3 Å². The number of hydrogen-bond acceptors (Lipinski definition) is 6. The Labute approximate surface area is 187 Å². The van der Waals surface area contributed by atoms with Gasteiger partial charge in [-0.25, -0.2) is 4.98 Å². The molecule has 0 aliphatic carbocycles. The maximum atomic E-state index is 13.1. The second kappa shape index (κ2) is 10.3. The van der Waals surface area contributed by atoms with E-state index in [2.05, 4.69) is 30.9 Å². The number of likely N-dealkylation sites (N-methyl/N-ethyl adjacent to an activating group) is 1. The van der Waals surface area contributed by atoms with E-state index >= 15 is 0 Å². The Morgan fingerprint density at radius 1 is 1.10 bits per heavy atom. The lowest BCUT2D eigenvalue weighted by atomic mass is 10.1. The first-order chi connectivity index (χ1) is 14.4. The van der Waals surface area contributed by atoms with Gasteiger partial charge in [0.2, 0.25) is 5.91 Å². The summed E-state index contributed by atoms with van der Waals surface area (Å²) in [5.74, 6) is 1.68. The van der Waals surface area contributed by atoms with Crippen molar-refractivity contribution in [2.24, 2.45) is 0 Å². The Balaban J connectivity index is 1.71. The molecule has 0 atom stereocenters. The molecule has 0 spiro atoms. The SMILES string of the molecule is COc1ccc(SCCC(=O)N(CCN(C)C)c2nc3cc(C)c(C)cc3s2)cc1. The molecule has 1 aromatic heterocycles. The van der Waals surface area contributed by atoms with E-state index in [0.29, 0.717) is 13.0 Å². The van der Waals surface area contributed by atoms with Crippen molar-refractivity contribution in [1.82, 2.24) is 9.88 Å². The number of anilines is 1. The fourth-order valence-corrected chi connectivity index (χ4v) is 4.90. The van der Waals surface area contributed by atoms with E-state index in [9.17, 15) is 4.79 Å². The smallest absolute Gasteiger partial charge is 0.229 e. The third-order valence-corrected chi connectivity index (χ3v) is 6.99. The molecule has 0 bridgehead atoms. The maximum Gasteiger partial charge on any atom is 0.229 e. The summed E-state index contributed by atoms with van der Waals surface area (Å²) >= 11 is 3.28. The predicted octanol–water partition coefficient (Wildman–Crippen LogP) is 5.00. The molecule has 0 saturated carbocycles. The van der Waals surface area contributed by atoms with Crippen molar-refractivity contribution in [2.45, 2.75) is 25.2 Å². The van der Waals surface area contributed by atoms with Crippen LogP contribution in [0.25, 0.3) is 10.2 Å². The lowest BCUT2D eigenvalue weighted by molar-refractivity contribution is -0.118. The number of thiazole rings is 1. The van der Waals surface area contributed by atoms with Gasteiger partial charge in [0.1, 0.15) is 5.75 Å². The van der Waals surface area contributed by atoms with Crippen LogP contribution in [0.4, 0.5) is 5.13 Å². The molecule has 0 aliphatic heterocycles. The molecular weight excluding hydrogens is 414 g/mol. The highest BCUT2D eigenvalue weighted by Crippen LogP contribution is 2.31. The monoisotopic (exact) mass is 443 g/mol. The zero-order chi connectivity index (χ0) is 21.7. The molecule has 30 heavy (non-hydrogen) atoms. The number of hydrogen-bond donors (Lipinski definition) is 0. The van der Waals surface area contributed by atoms with Crippen molar-refractivity contribution in [1.29, 1.82) is 0 Å². The molecule has 3 rings (SSSR count). The summed E-state index contributed by atoms with van der Waals surface area (Å²) in [6.45, 7) is 5.64. The highest BCUT2D eigenvalue weighted by Gasteiger charge is 2.20. The third-order valence-electron chi connectivity index (χ3n) is 4.94. The van der Waals surface area contributed by atoms with Crippen molar-refractivity contribution in [3.05, 3.63) is 47.5 Å². The first kappa shape index (κ1) is 22.6. The summed E-state index contributed by atoms with van der Waals surface area (Å²) < 4.78 is 6.33. The Morgan fingerprint density at radius 3 is 2.47 bits per heavy atom. The van der Waals surface area contributed by atoms with Crippen molar-refractivity contribution in [2.75, 3.05) is 44.9 Å². The van der Waals surface area contributed by atoms with Gasteiger partial charge < -0.3 is 9.64 Å². The van der Waals surface area contributed by atoms with Gasteiger partial charge in [-0.05, 0) is 75.5 Å². The summed E-state index contributed by atoms with van der Waals surface area (Å²) in [4.78, 5) is 23.0. The number of benzene rings is 2. The zero-order valence-electron chi connectivity index (χ0n) is 18.3. The summed E-state index contributed by atoms with van der Waals surface area (Å²) in [5, 5.41) is 0.788. The number of fused-ring (bicyclic) bond motifs is 1. The molecule has 1 amide bonds. The number of methoxy groups -OCH3 is 1. The molecule has 0 saturated heterocycles. The van der Waals surface area contributed by atoms with E-state index in [1.165, 1.54) is 11.1 Å². The van der Waals surface area contributed by atoms with Gasteiger partial charge in [0.15, 0.2) is 5.13 Å². The Morgan fingerprint density at radius 2 is 1.80 bits per heavy atom. The van der Waals surface area contributed by atoms with E-state index in [-0.39, 0.29) is 5.91 Å². The maximum absolute atomic E-state index is 13.1.